The quantitative estimate of drug-likeness (QED) is 0.482. The number of amides is 1. The summed E-state index contributed by atoms with van der Waals surface area (Å²) < 4.78 is 21.5. The third kappa shape index (κ3) is 5.58. The van der Waals surface area contributed by atoms with Crippen LogP contribution in [0.15, 0.2) is 35.9 Å². The largest absolute Gasteiger partial charge is 0.497 e. The maximum absolute atomic E-state index is 12.8. The molecular weight excluding hydrogens is 408 g/mol. The summed E-state index contributed by atoms with van der Waals surface area (Å²) in [6.07, 6.45) is 1.35. The molecule has 7 nitrogen and oxygen atoms in total. The number of halogens is 1. The van der Waals surface area contributed by atoms with Gasteiger partial charge in [0.25, 0.3) is 5.91 Å². The molecule has 0 heterocycles. The Kier molecular flexibility index (Phi) is 7.96. The van der Waals surface area contributed by atoms with E-state index in [0.29, 0.717) is 39.3 Å². The van der Waals surface area contributed by atoms with Crippen LogP contribution in [0.3, 0.4) is 0 Å². The minimum atomic E-state index is -0.619. The summed E-state index contributed by atoms with van der Waals surface area (Å²) >= 11 is 6.09. The van der Waals surface area contributed by atoms with Crippen molar-refractivity contribution in [2.24, 2.45) is 0 Å². The van der Waals surface area contributed by atoms with Crippen LogP contribution in [0.4, 0.5) is 5.69 Å². The van der Waals surface area contributed by atoms with Gasteiger partial charge in [-0.2, -0.15) is 5.26 Å². The maximum Gasteiger partial charge on any atom is 0.266 e. The highest BCUT2D eigenvalue weighted by Gasteiger charge is 2.17. The minimum Gasteiger partial charge on any atom is -0.497 e. The molecule has 0 unspecified atom stereocenters. The number of nitrogens with zero attached hydrogens (tertiary/aromatic N) is 1. The van der Waals surface area contributed by atoms with Crippen molar-refractivity contribution >= 4 is 29.3 Å². The van der Waals surface area contributed by atoms with E-state index in [-0.39, 0.29) is 11.7 Å². The van der Waals surface area contributed by atoms with Gasteiger partial charge in [0, 0.05) is 23.8 Å². The number of methoxy groups -OCH3 is 3. The number of benzene rings is 2. The van der Waals surface area contributed by atoms with E-state index < -0.39 is 5.91 Å². The average molecular weight is 431 g/mol. The molecule has 0 aliphatic heterocycles. The SMILES string of the molecule is COc1ccc(/C=C(\C#N)C(=O)Nc2cc(OC)c(Cl)cc2OC)c(OC(C)C)c1. The lowest BCUT2D eigenvalue weighted by Crippen LogP contribution is -2.14. The van der Waals surface area contributed by atoms with Crippen LogP contribution in [0.1, 0.15) is 19.4 Å². The molecule has 1 amide bonds. The van der Waals surface area contributed by atoms with Crippen molar-refractivity contribution in [2.75, 3.05) is 26.6 Å². The zero-order valence-electron chi connectivity index (χ0n) is 17.4. The monoisotopic (exact) mass is 430 g/mol. The number of carbonyl (C=O) groups excluding carboxylic acids is 1. The normalized spacial score (nSPS) is 10.9. The molecule has 2 aromatic carbocycles. The summed E-state index contributed by atoms with van der Waals surface area (Å²) in [5, 5.41) is 12.5. The lowest BCUT2D eigenvalue weighted by atomic mass is 10.1. The van der Waals surface area contributed by atoms with Crippen molar-refractivity contribution in [3.05, 3.63) is 46.5 Å². The van der Waals surface area contributed by atoms with E-state index in [2.05, 4.69) is 5.32 Å². The fourth-order valence-electron chi connectivity index (χ4n) is 2.57. The fraction of sp³-hybridized carbons (Fsp3) is 0.273. The average Bonchev–Trinajstić information content (AvgIpc) is 2.72. The summed E-state index contributed by atoms with van der Waals surface area (Å²) in [7, 11) is 4.45. The Bertz CT molecular complexity index is 996. The van der Waals surface area contributed by atoms with E-state index in [1.165, 1.54) is 32.4 Å². The third-order valence-electron chi connectivity index (χ3n) is 3.97. The number of rotatable bonds is 8. The van der Waals surface area contributed by atoms with Crippen LogP contribution in [0.2, 0.25) is 5.02 Å². The molecule has 158 valence electrons. The van der Waals surface area contributed by atoms with E-state index in [1.807, 2.05) is 19.9 Å². The van der Waals surface area contributed by atoms with Gasteiger partial charge in [0.2, 0.25) is 0 Å². The standard InChI is InChI=1S/C22H23ClN2O5/c1-13(2)30-19-9-16(27-3)7-6-14(19)8-15(12-24)22(26)25-18-11-20(28-4)17(23)10-21(18)29-5/h6-11,13H,1-5H3,(H,25,26)/b15-8+. The molecule has 0 aromatic heterocycles. The van der Waals surface area contributed by atoms with Crippen LogP contribution in [0.25, 0.3) is 6.08 Å². The molecule has 0 radical (unpaired) electrons. The van der Waals surface area contributed by atoms with Crippen molar-refractivity contribution in [2.45, 2.75) is 20.0 Å². The molecule has 0 saturated heterocycles. The number of anilines is 1. The number of nitrogens with one attached hydrogen (secondary N) is 1. The smallest absolute Gasteiger partial charge is 0.266 e. The fourth-order valence-corrected chi connectivity index (χ4v) is 2.80. The predicted molar refractivity (Wildman–Crippen MR) is 116 cm³/mol. The van der Waals surface area contributed by atoms with E-state index >= 15 is 0 Å². The Balaban J connectivity index is 2.40. The number of hydrogen-bond acceptors (Lipinski definition) is 6. The molecule has 0 fully saturated rings. The van der Waals surface area contributed by atoms with Crippen LogP contribution in [-0.4, -0.2) is 33.3 Å². The Morgan fingerprint density at radius 3 is 2.33 bits per heavy atom. The van der Waals surface area contributed by atoms with Gasteiger partial charge in [-0.25, -0.2) is 0 Å². The summed E-state index contributed by atoms with van der Waals surface area (Å²) in [5.41, 5.74) is 0.764. The first-order chi connectivity index (χ1) is 14.3. The molecule has 0 aliphatic carbocycles. The van der Waals surface area contributed by atoms with Crippen LogP contribution in [0.5, 0.6) is 23.0 Å². The summed E-state index contributed by atoms with van der Waals surface area (Å²) in [5.74, 6) is 1.17. The van der Waals surface area contributed by atoms with Crippen LogP contribution in [-0.2, 0) is 4.79 Å². The van der Waals surface area contributed by atoms with Gasteiger partial charge in [0.1, 0.15) is 34.6 Å². The molecule has 0 bridgehead atoms. The molecule has 8 heteroatoms. The van der Waals surface area contributed by atoms with Crippen molar-refractivity contribution < 1.29 is 23.7 Å². The lowest BCUT2D eigenvalue weighted by Gasteiger charge is -2.15. The molecular formula is C22H23ClN2O5. The Morgan fingerprint density at radius 1 is 1.07 bits per heavy atom. The molecule has 2 aromatic rings. The third-order valence-corrected chi connectivity index (χ3v) is 4.27. The first-order valence-electron chi connectivity index (χ1n) is 9.02. The van der Waals surface area contributed by atoms with Gasteiger partial charge >= 0.3 is 0 Å². The Hall–Kier alpha value is -3.37. The van der Waals surface area contributed by atoms with E-state index in [0.717, 1.165) is 0 Å². The van der Waals surface area contributed by atoms with Crippen LogP contribution >= 0.6 is 11.6 Å². The van der Waals surface area contributed by atoms with E-state index in [4.69, 9.17) is 30.5 Å². The first kappa shape index (κ1) is 22.9. The van der Waals surface area contributed by atoms with Crippen LogP contribution < -0.4 is 24.3 Å². The highest BCUT2D eigenvalue weighted by atomic mass is 35.5. The minimum absolute atomic E-state index is 0.102. The maximum atomic E-state index is 12.8. The number of nitriles is 1. The molecule has 0 spiro atoms. The zero-order chi connectivity index (χ0) is 22.3. The number of hydrogen-bond donors (Lipinski definition) is 1. The summed E-state index contributed by atoms with van der Waals surface area (Å²) in [4.78, 5) is 12.8. The zero-order valence-corrected chi connectivity index (χ0v) is 18.2. The second-order valence-electron chi connectivity index (χ2n) is 6.38. The first-order valence-corrected chi connectivity index (χ1v) is 9.40. The Labute approximate surface area is 180 Å². The molecule has 0 aliphatic rings. The van der Waals surface area contributed by atoms with Gasteiger partial charge in [-0.05, 0) is 32.1 Å². The second kappa shape index (κ2) is 10.4. The molecule has 30 heavy (non-hydrogen) atoms. The van der Waals surface area contributed by atoms with E-state index in [1.54, 1.807) is 25.3 Å². The summed E-state index contributed by atoms with van der Waals surface area (Å²) in [6, 6.07) is 10.1. The number of carbonyl (C=O) groups is 1. The Morgan fingerprint density at radius 2 is 1.77 bits per heavy atom. The number of ether oxygens (including phenoxy) is 4. The van der Waals surface area contributed by atoms with Crippen LogP contribution in [0, 0.1) is 11.3 Å². The van der Waals surface area contributed by atoms with Gasteiger partial charge < -0.3 is 24.3 Å². The van der Waals surface area contributed by atoms with Crippen molar-refractivity contribution in [1.82, 2.24) is 0 Å². The van der Waals surface area contributed by atoms with Gasteiger partial charge in [0.15, 0.2) is 0 Å². The predicted octanol–water partition coefficient (Wildman–Crippen LogP) is 4.70. The summed E-state index contributed by atoms with van der Waals surface area (Å²) in [6.45, 7) is 3.76. The van der Waals surface area contributed by atoms with Crippen molar-refractivity contribution in [3.63, 3.8) is 0 Å². The van der Waals surface area contributed by atoms with Gasteiger partial charge in [-0.15, -0.1) is 0 Å². The molecule has 0 atom stereocenters. The van der Waals surface area contributed by atoms with E-state index in [9.17, 15) is 10.1 Å². The molecule has 2 rings (SSSR count). The van der Waals surface area contributed by atoms with Gasteiger partial charge in [0.05, 0.1) is 38.1 Å². The molecule has 0 saturated carbocycles. The van der Waals surface area contributed by atoms with Gasteiger partial charge in [-0.1, -0.05) is 11.6 Å². The highest BCUT2D eigenvalue weighted by Crippen LogP contribution is 2.36. The van der Waals surface area contributed by atoms with Crippen molar-refractivity contribution in [1.29, 1.82) is 5.26 Å². The van der Waals surface area contributed by atoms with Gasteiger partial charge in [-0.3, -0.25) is 4.79 Å². The second-order valence-corrected chi connectivity index (χ2v) is 6.79. The highest BCUT2D eigenvalue weighted by molar-refractivity contribution is 6.32. The molecule has 1 N–H and O–H groups in total. The lowest BCUT2D eigenvalue weighted by molar-refractivity contribution is -0.112. The topological polar surface area (TPSA) is 89.8 Å². The van der Waals surface area contributed by atoms with Crippen molar-refractivity contribution in [3.8, 4) is 29.1 Å².